The molecule has 141 heavy (non-hydrogen) atoms. The molecule has 0 radical (unpaired) electrons. The number of H-pyrrole nitrogens is 2. The fourth-order valence-electron chi connectivity index (χ4n) is 20.0. The molecule has 17 rings (SSSR count). The lowest BCUT2D eigenvalue weighted by atomic mass is 9.90. The second-order valence-corrected chi connectivity index (χ2v) is 38.6. The van der Waals surface area contributed by atoms with E-state index in [0.29, 0.717) is 68.3 Å². The summed E-state index contributed by atoms with van der Waals surface area (Å²) in [5.74, 6) is -4.70. The Morgan fingerprint density at radius 2 is 0.929 bits per heavy atom. The monoisotopic (exact) mass is 1960 g/mol. The molecule has 3 unspecified atom stereocenters. The van der Waals surface area contributed by atoms with Crippen molar-refractivity contribution >= 4 is 92.4 Å². The first-order chi connectivity index (χ1) is 67.2. The second kappa shape index (κ2) is 42.7. The number of carboxylic acids is 1. The lowest BCUT2D eigenvalue weighted by Crippen LogP contribution is -2.51. The number of amides is 7. The summed E-state index contributed by atoms with van der Waals surface area (Å²) >= 11 is 0. The standard InChI is InChI=1S/C50H52F3N7O8.C45H51F3N6O7.C7H15NO4/c1-26(2)43(57-48(63)66-4)46(61)60-23-32(50(51,52)53)18-41(60)45-54-21-39(56-45)30-11-13-33-31(16-30)25-68-42-20-34-29(17-36(33)42)12-14-37-35(34)19-38(55-37)40-15-27(24-65-3)22-59(40)47(62)44(58-49(64)67-5)28-9-7-6-8-10-28;1-23(2)39(52-42(56)59-7)41(55)53-20-28(45(46,47)48)15-37(53)40-49-18-35(51-40)26-8-10-29-27(13-26)22-60-38-17-30-25(14-32(29)38)9-11-33-31(30)16-34(50-33)36-12-24(21-58-6)19-54(36)43(57)61-44(3,4)5;1-5(2)6(7(9)10)8-4-12-11-3/h6-14,16-17,20-21,26-27,32,40-41,43-44H,15,18-19,22-25H2,1-5H3,(H,54,56)(H,57,63)(H,58,64);8-11,13-14,17-18,23-24,28,36-37,39H,12,15-16,19-22H2,1-7H3,(H,49,51)(H,52,56);5-6,8H,4H2,1-3H3,(H,9,10)/t27-,32?,40-,41-,43-,44?;24-,28?,36-,37-,39-;6-/m000/s1. The van der Waals surface area contributed by atoms with E-state index in [4.69, 9.17) is 43.5 Å². The summed E-state index contributed by atoms with van der Waals surface area (Å²) in [6.07, 6.45) is -7.00. The smallest absolute Gasteiger partial charge is 0.410 e. The number of hydrogen-bond donors (Lipinski definition) is 7. The number of aliphatic carboxylic acids is 1. The third kappa shape index (κ3) is 22.4. The third-order valence-electron chi connectivity index (χ3n) is 27.0. The number of imidazole rings is 2. The van der Waals surface area contributed by atoms with Gasteiger partial charge in [0.25, 0.3) is 0 Å². The molecule has 752 valence electrons. The van der Waals surface area contributed by atoms with Crippen molar-refractivity contribution in [3.63, 3.8) is 0 Å². The number of aromatic amines is 2. The number of fused-ring (bicyclic) bond motifs is 12. The Balaban J connectivity index is 0.000000191. The number of carbonyl (C=O) groups is 8. The maximum Gasteiger partial charge on any atom is 0.410 e. The van der Waals surface area contributed by atoms with Crippen LogP contribution in [0.1, 0.15) is 146 Å². The van der Waals surface area contributed by atoms with Crippen LogP contribution < -0.4 is 30.7 Å². The molecular weight excluding hydrogens is 1840 g/mol. The number of carboxylic acid groups (broad SMARTS) is 1. The van der Waals surface area contributed by atoms with Gasteiger partial charge in [0.15, 0.2) is 0 Å². The molecule has 7 N–H and O–H groups in total. The van der Waals surface area contributed by atoms with Gasteiger partial charge in [-0.3, -0.25) is 39.4 Å². The summed E-state index contributed by atoms with van der Waals surface area (Å²) in [5.41, 5.74) is 13.8. The van der Waals surface area contributed by atoms with Crippen molar-refractivity contribution in [1.29, 1.82) is 0 Å². The predicted octanol–water partition coefficient (Wildman–Crippen LogP) is 17.0. The topological polar surface area (TPSA) is 392 Å². The molecule has 0 aliphatic carbocycles. The highest BCUT2D eigenvalue weighted by molar-refractivity contribution is 6.08. The average molecular weight is 1960 g/mol. The van der Waals surface area contributed by atoms with E-state index >= 15 is 0 Å². The lowest BCUT2D eigenvalue weighted by Gasteiger charge is -2.30. The number of hydrogen-bond acceptors (Lipinski definition) is 23. The number of rotatable bonds is 25. The van der Waals surface area contributed by atoms with Gasteiger partial charge in [-0.1, -0.05) is 108 Å². The first-order valence-electron chi connectivity index (χ1n) is 46.9. The van der Waals surface area contributed by atoms with E-state index in [1.54, 1.807) is 71.3 Å². The number of benzene rings is 7. The fraction of sp³-hybridized carbons (Fsp3) is 0.471. The highest BCUT2D eigenvalue weighted by atomic mass is 19.4. The molecule has 9 aromatic rings. The van der Waals surface area contributed by atoms with Crippen molar-refractivity contribution < 1.29 is 117 Å². The number of aliphatic imine (C=N–C) groups is 2. The molecule has 8 aliphatic rings. The van der Waals surface area contributed by atoms with Crippen molar-refractivity contribution in [2.75, 3.05) is 88.8 Å². The summed E-state index contributed by atoms with van der Waals surface area (Å²) in [6.45, 7) is 17.5. The van der Waals surface area contributed by atoms with E-state index in [1.165, 1.54) is 14.2 Å². The van der Waals surface area contributed by atoms with Crippen molar-refractivity contribution in [3.05, 3.63) is 167 Å². The molecule has 0 spiro atoms. The van der Waals surface area contributed by atoms with Crippen LogP contribution in [0, 0.1) is 41.4 Å². The Morgan fingerprint density at radius 3 is 1.34 bits per heavy atom. The Hall–Kier alpha value is -13.2. The molecule has 4 fully saturated rings. The van der Waals surface area contributed by atoms with Gasteiger partial charge in [0.2, 0.25) is 17.7 Å². The first kappa shape index (κ1) is 102. The number of halogens is 6. The number of methoxy groups -OCH3 is 5. The maximum absolute atomic E-state index is 14.4. The lowest BCUT2D eigenvalue weighted by molar-refractivity contribution is -0.278. The third-order valence-corrected chi connectivity index (χ3v) is 27.0. The number of nitrogens with zero attached hydrogens (tertiary/aromatic N) is 8. The zero-order valence-corrected chi connectivity index (χ0v) is 81.0. The summed E-state index contributed by atoms with van der Waals surface area (Å²) in [4.78, 5) is 143. The summed E-state index contributed by atoms with van der Waals surface area (Å²) in [7, 11) is 8.25. The van der Waals surface area contributed by atoms with Crippen LogP contribution >= 0.6 is 0 Å². The molecule has 2 aromatic heterocycles. The minimum atomic E-state index is -4.55. The van der Waals surface area contributed by atoms with Gasteiger partial charge in [0.1, 0.15) is 72.9 Å². The quantitative estimate of drug-likeness (QED) is 0.00698. The number of likely N-dealkylation sites (tertiary alicyclic amines) is 4. The van der Waals surface area contributed by atoms with E-state index < -0.39 is 127 Å². The largest absolute Gasteiger partial charge is 0.488 e. The van der Waals surface area contributed by atoms with Crippen LogP contribution in [0.25, 0.3) is 66.3 Å². The molecule has 7 amide bonds. The normalized spacial score (nSPS) is 20.3. The molecule has 8 aliphatic heterocycles. The summed E-state index contributed by atoms with van der Waals surface area (Å²) < 4.78 is 129. The van der Waals surface area contributed by atoms with Crippen LogP contribution in [0.5, 0.6) is 11.5 Å². The highest BCUT2D eigenvalue weighted by Gasteiger charge is 2.54. The van der Waals surface area contributed by atoms with Gasteiger partial charge in [-0.25, -0.2) is 38.9 Å². The Kier molecular flexibility index (Phi) is 30.9. The second-order valence-electron chi connectivity index (χ2n) is 38.6. The molecule has 0 bridgehead atoms. The SMILES string of the molecule is COC[C@H]1C[C@@H](C2=Nc3ccc4cc5c(cc4c3C2)OCc2cc(-c3cnc([C@@H]4CC(C(F)(F)F)CN4C(=O)[C@@H](NC(=O)OC)C(C)C)[nH]3)ccc2-5)N(C(=O)C(NC(=O)OC)c2ccccc2)C1.COC[C@H]1C[C@@H](C2=Nc3ccc4cc5c(cc4c3C2)OCc2cc(-c3cnc([C@@H]4CC(C(F)(F)F)CN4C(=O)[C@@H](NC(=O)OC)C(C)C)[nH]3)ccc2-5)N(C(=O)OC(C)(C)C)C1.COOCN[C@H](C(=O)O)C(C)C. The van der Waals surface area contributed by atoms with E-state index in [2.05, 4.69) is 84.7 Å². The number of aromatic nitrogens is 4. The molecule has 0 saturated carbocycles. The molecule has 12 atom stereocenters. The number of ether oxygens (including phenoxy) is 8. The number of alkyl halides is 6. The van der Waals surface area contributed by atoms with Crippen LogP contribution in [0.3, 0.4) is 0 Å². The van der Waals surface area contributed by atoms with Gasteiger partial charge in [-0.2, -0.15) is 26.3 Å². The zero-order valence-electron chi connectivity index (χ0n) is 81.0. The molecule has 4 saturated heterocycles. The Morgan fingerprint density at radius 1 is 0.496 bits per heavy atom. The molecule has 10 heterocycles. The van der Waals surface area contributed by atoms with Crippen LogP contribution in [-0.4, -0.2) is 241 Å². The number of carbonyl (C=O) groups excluding carboxylic acids is 7. The maximum atomic E-state index is 14.4. The van der Waals surface area contributed by atoms with Crippen LogP contribution in [0.4, 0.5) is 56.9 Å². The van der Waals surface area contributed by atoms with Crippen molar-refractivity contribution in [1.82, 2.24) is 60.8 Å². The fourth-order valence-corrected chi connectivity index (χ4v) is 20.0. The van der Waals surface area contributed by atoms with E-state index in [-0.39, 0.29) is 86.3 Å². The summed E-state index contributed by atoms with van der Waals surface area (Å²) in [5, 5.41) is 23.1. The minimum Gasteiger partial charge on any atom is -0.488 e. The molecule has 39 heteroatoms. The van der Waals surface area contributed by atoms with Crippen molar-refractivity contribution in [2.24, 2.45) is 51.4 Å². The van der Waals surface area contributed by atoms with Gasteiger partial charge >= 0.3 is 42.7 Å². The molecule has 33 nitrogen and oxygen atoms in total. The average Bonchev–Trinajstić information content (AvgIpc) is 1.66. The van der Waals surface area contributed by atoms with E-state index in [0.717, 1.165) is 136 Å². The van der Waals surface area contributed by atoms with Gasteiger partial charge < -0.3 is 83.6 Å². The molecule has 7 aromatic carbocycles. The molecular formula is C102H118F6N14O19. The van der Waals surface area contributed by atoms with Crippen molar-refractivity contribution in [3.8, 4) is 56.3 Å². The minimum absolute atomic E-state index is 0.0166. The highest BCUT2D eigenvalue weighted by Crippen LogP contribution is 2.51. The zero-order chi connectivity index (χ0) is 101. The van der Waals surface area contributed by atoms with E-state index in [1.807, 2.05) is 118 Å². The number of alkyl carbamates (subject to hydrolysis) is 3. The van der Waals surface area contributed by atoms with Gasteiger partial charge in [-0.05, 0) is 184 Å². The van der Waals surface area contributed by atoms with Crippen molar-refractivity contribution in [2.45, 2.75) is 180 Å². The van der Waals surface area contributed by atoms with Crippen LogP contribution in [0.2, 0.25) is 0 Å². The van der Waals surface area contributed by atoms with Crippen LogP contribution in [0.15, 0.2) is 138 Å². The van der Waals surface area contributed by atoms with E-state index in [9.17, 15) is 64.7 Å². The van der Waals surface area contributed by atoms with Crippen LogP contribution in [-0.2, 0) is 83.4 Å². The summed E-state index contributed by atoms with van der Waals surface area (Å²) in [6, 6.07) is 31.0. The Labute approximate surface area is 810 Å². The first-order valence-corrected chi connectivity index (χ1v) is 46.9. The Bertz CT molecular complexity index is 6240. The van der Waals surface area contributed by atoms with Gasteiger partial charge in [0, 0.05) is 87.6 Å². The predicted molar refractivity (Wildman–Crippen MR) is 509 cm³/mol. The number of nitrogens with one attached hydrogen (secondary N) is 6. The van der Waals surface area contributed by atoms with Gasteiger partial charge in [-0.15, -0.1) is 0 Å². The van der Waals surface area contributed by atoms with Gasteiger partial charge in [0.05, 0.1) is 113 Å².